The summed E-state index contributed by atoms with van der Waals surface area (Å²) in [7, 11) is 3.20. The van der Waals surface area contributed by atoms with Crippen molar-refractivity contribution in [3.8, 4) is 0 Å². The average molecular weight is 259 g/mol. The maximum atomic E-state index is 11.7. The molecule has 2 amide bonds. The molecule has 0 aromatic carbocycles. The van der Waals surface area contributed by atoms with Gasteiger partial charge in [-0.3, -0.25) is 9.59 Å². The van der Waals surface area contributed by atoms with Crippen LogP contribution in [0.3, 0.4) is 0 Å². The second-order valence-electron chi connectivity index (χ2n) is 4.53. The highest BCUT2D eigenvalue weighted by molar-refractivity contribution is 5.78. The van der Waals surface area contributed by atoms with E-state index in [4.69, 9.17) is 16.2 Å². The lowest BCUT2D eigenvalue weighted by Gasteiger charge is -2.37. The van der Waals surface area contributed by atoms with Crippen LogP contribution in [-0.4, -0.2) is 49.6 Å². The van der Waals surface area contributed by atoms with Gasteiger partial charge in [0.25, 0.3) is 0 Å². The zero-order chi connectivity index (χ0) is 14.3. The van der Waals surface area contributed by atoms with Crippen LogP contribution in [0.15, 0.2) is 0 Å². The fraction of sp³-hybridized carbons (Fsp3) is 0.833. The van der Waals surface area contributed by atoms with Crippen LogP contribution in [0.2, 0.25) is 0 Å². The minimum absolute atomic E-state index is 0.0591. The molecule has 106 valence electrons. The number of hydrogen-bond acceptors (Lipinski definition) is 4. The SMILES string of the molecule is CCC(C)C(C(CC(N)=O)OC)N(C)C(=O)CN. The minimum Gasteiger partial charge on any atom is -0.379 e. The monoisotopic (exact) mass is 259 g/mol. The number of primary amides is 1. The van der Waals surface area contributed by atoms with Gasteiger partial charge in [-0.15, -0.1) is 0 Å². The fourth-order valence-electron chi connectivity index (χ4n) is 2.09. The van der Waals surface area contributed by atoms with Gasteiger partial charge in [-0.25, -0.2) is 0 Å². The summed E-state index contributed by atoms with van der Waals surface area (Å²) in [6.07, 6.45) is 0.553. The van der Waals surface area contributed by atoms with E-state index in [2.05, 4.69) is 0 Å². The van der Waals surface area contributed by atoms with Gasteiger partial charge in [-0.05, 0) is 5.92 Å². The van der Waals surface area contributed by atoms with Gasteiger partial charge in [0.05, 0.1) is 25.1 Å². The van der Waals surface area contributed by atoms with Crippen LogP contribution in [0.1, 0.15) is 26.7 Å². The number of nitrogens with two attached hydrogens (primary N) is 2. The van der Waals surface area contributed by atoms with Gasteiger partial charge in [0.15, 0.2) is 0 Å². The molecule has 0 radical (unpaired) electrons. The molecule has 0 saturated carbocycles. The van der Waals surface area contributed by atoms with E-state index in [0.717, 1.165) is 6.42 Å². The van der Waals surface area contributed by atoms with Gasteiger partial charge in [-0.2, -0.15) is 0 Å². The molecule has 6 heteroatoms. The summed E-state index contributed by atoms with van der Waals surface area (Å²) in [6, 6.07) is -0.205. The molecule has 3 unspecified atom stereocenters. The first kappa shape index (κ1) is 16.9. The molecule has 0 aliphatic carbocycles. The molecule has 0 bridgehead atoms. The van der Waals surface area contributed by atoms with E-state index < -0.39 is 12.0 Å². The van der Waals surface area contributed by atoms with Gasteiger partial charge in [0.1, 0.15) is 0 Å². The number of carbonyl (C=O) groups is 2. The Balaban J connectivity index is 5.05. The Kier molecular flexibility index (Phi) is 7.54. The van der Waals surface area contributed by atoms with Gasteiger partial charge < -0.3 is 21.1 Å². The van der Waals surface area contributed by atoms with Crippen molar-refractivity contribution in [2.45, 2.75) is 38.8 Å². The Morgan fingerprint density at radius 2 is 1.94 bits per heavy atom. The Morgan fingerprint density at radius 1 is 1.39 bits per heavy atom. The van der Waals surface area contributed by atoms with E-state index >= 15 is 0 Å². The van der Waals surface area contributed by atoms with Gasteiger partial charge in [0, 0.05) is 14.2 Å². The Bertz CT molecular complexity index is 284. The Morgan fingerprint density at radius 3 is 2.28 bits per heavy atom. The van der Waals surface area contributed by atoms with E-state index in [1.54, 1.807) is 11.9 Å². The van der Waals surface area contributed by atoms with Gasteiger partial charge >= 0.3 is 0 Å². The number of ether oxygens (including phenoxy) is 1. The standard InChI is InChI=1S/C12H25N3O3/c1-5-8(2)12(15(3)11(17)7-13)9(18-4)6-10(14)16/h8-9,12H,5-7,13H2,1-4H3,(H2,14,16). The van der Waals surface area contributed by atoms with Crippen LogP contribution in [0.25, 0.3) is 0 Å². The summed E-state index contributed by atoms with van der Waals surface area (Å²) in [6.45, 7) is 3.98. The molecule has 0 rings (SSSR count). The van der Waals surface area contributed by atoms with E-state index in [1.807, 2.05) is 13.8 Å². The van der Waals surface area contributed by atoms with Gasteiger partial charge in [-0.1, -0.05) is 20.3 Å². The predicted molar refractivity (Wildman–Crippen MR) is 69.7 cm³/mol. The zero-order valence-electron chi connectivity index (χ0n) is 11.7. The number of likely N-dealkylation sites (N-methyl/N-ethyl adjacent to an activating group) is 1. The number of methoxy groups -OCH3 is 1. The van der Waals surface area contributed by atoms with Crippen molar-refractivity contribution in [3.05, 3.63) is 0 Å². The van der Waals surface area contributed by atoms with Crippen molar-refractivity contribution in [1.82, 2.24) is 4.90 Å². The lowest BCUT2D eigenvalue weighted by atomic mass is 9.91. The van der Waals surface area contributed by atoms with Crippen LogP contribution >= 0.6 is 0 Å². The van der Waals surface area contributed by atoms with Crippen molar-refractivity contribution >= 4 is 11.8 Å². The van der Waals surface area contributed by atoms with Crippen molar-refractivity contribution < 1.29 is 14.3 Å². The van der Waals surface area contributed by atoms with E-state index in [-0.39, 0.29) is 30.8 Å². The summed E-state index contributed by atoms with van der Waals surface area (Å²) in [4.78, 5) is 24.3. The first-order valence-corrected chi connectivity index (χ1v) is 6.15. The largest absolute Gasteiger partial charge is 0.379 e. The first-order chi connectivity index (χ1) is 8.38. The lowest BCUT2D eigenvalue weighted by molar-refractivity contribution is -0.137. The van der Waals surface area contributed by atoms with Crippen molar-refractivity contribution in [3.63, 3.8) is 0 Å². The number of rotatable bonds is 8. The molecule has 0 aliphatic rings. The topological polar surface area (TPSA) is 98.7 Å². The van der Waals surface area contributed by atoms with Crippen LogP contribution in [0.4, 0.5) is 0 Å². The van der Waals surface area contributed by atoms with Crippen LogP contribution in [-0.2, 0) is 14.3 Å². The van der Waals surface area contributed by atoms with E-state index in [9.17, 15) is 9.59 Å². The maximum absolute atomic E-state index is 11.7. The Labute approximate surface area is 109 Å². The molecule has 0 saturated heterocycles. The number of nitrogens with zero attached hydrogens (tertiary/aromatic N) is 1. The molecular weight excluding hydrogens is 234 g/mol. The molecule has 3 atom stereocenters. The molecule has 6 nitrogen and oxygen atoms in total. The lowest BCUT2D eigenvalue weighted by Crippen LogP contribution is -2.51. The third kappa shape index (κ3) is 4.62. The van der Waals surface area contributed by atoms with Gasteiger partial charge in [0.2, 0.25) is 11.8 Å². The molecule has 0 spiro atoms. The molecule has 0 heterocycles. The fourth-order valence-corrected chi connectivity index (χ4v) is 2.09. The second kappa shape index (κ2) is 8.05. The molecule has 18 heavy (non-hydrogen) atoms. The van der Waals surface area contributed by atoms with Crippen molar-refractivity contribution in [2.75, 3.05) is 20.7 Å². The third-order valence-corrected chi connectivity index (χ3v) is 3.33. The molecule has 0 fully saturated rings. The molecule has 0 aromatic heterocycles. The molecule has 0 aromatic rings. The van der Waals surface area contributed by atoms with Crippen LogP contribution < -0.4 is 11.5 Å². The highest BCUT2D eigenvalue weighted by Crippen LogP contribution is 2.21. The predicted octanol–water partition coefficient (Wildman–Crippen LogP) is -0.291. The van der Waals surface area contributed by atoms with Crippen molar-refractivity contribution in [2.24, 2.45) is 17.4 Å². The molecule has 0 aliphatic heterocycles. The summed E-state index contributed by atoms with van der Waals surface area (Å²) in [5.74, 6) is -0.426. The number of amides is 2. The Hall–Kier alpha value is -1.14. The molecular formula is C12H25N3O3. The highest BCUT2D eigenvalue weighted by atomic mass is 16.5. The third-order valence-electron chi connectivity index (χ3n) is 3.33. The van der Waals surface area contributed by atoms with Crippen molar-refractivity contribution in [1.29, 1.82) is 0 Å². The smallest absolute Gasteiger partial charge is 0.236 e. The summed E-state index contributed by atoms with van der Waals surface area (Å²) < 4.78 is 5.33. The van der Waals surface area contributed by atoms with Crippen LogP contribution in [0.5, 0.6) is 0 Å². The minimum atomic E-state index is -0.441. The quantitative estimate of drug-likeness (QED) is 0.625. The first-order valence-electron chi connectivity index (χ1n) is 6.15. The maximum Gasteiger partial charge on any atom is 0.236 e. The van der Waals surface area contributed by atoms with E-state index in [1.165, 1.54) is 7.11 Å². The van der Waals surface area contributed by atoms with E-state index in [0.29, 0.717) is 0 Å². The summed E-state index contributed by atoms with van der Waals surface area (Å²) in [5, 5.41) is 0. The number of hydrogen-bond donors (Lipinski definition) is 2. The van der Waals surface area contributed by atoms with Crippen LogP contribution in [0, 0.1) is 5.92 Å². The summed E-state index contributed by atoms with van der Waals surface area (Å²) in [5.41, 5.74) is 10.6. The second-order valence-corrected chi connectivity index (χ2v) is 4.53. The average Bonchev–Trinajstić information content (AvgIpc) is 2.35. The highest BCUT2D eigenvalue weighted by Gasteiger charge is 2.32. The zero-order valence-corrected chi connectivity index (χ0v) is 11.7. The number of carbonyl (C=O) groups excluding carboxylic acids is 2. The molecule has 4 N–H and O–H groups in total. The summed E-state index contributed by atoms with van der Waals surface area (Å²) >= 11 is 0. The normalized spacial score (nSPS) is 15.8.